The summed E-state index contributed by atoms with van der Waals surface area (Å²) in [6, 6.07) is 1.36. The van der Waals surface area contributed by atoms with Gasteiger partial charge in [-0.25, -0.2) is 0 Å². The Morgan fingerprint density at radius 2 is 2.14 bits per heavy atom. The van der Waals surface area contributed by atoms with Crippen LogP contribution in [0.15, 0.2) is 24.0 Å². The number of fused-ring (bicyclic) bond motifs is 1. The van der Waals surface area contributed by atoms with E-state index in [-0.39, 0.29) is 22.9 Å². The maximum Gasteiger partial charge on any atom is 0.408 e. The van der Waals surface area contributed by atoms with Gasteiger partial charge in [0.05, 0.1) is 29.2 Å². The van der Waals surface area contributed by atoms with E-state index in [1.807, 2.05) is 0 Å². The molecule has 1 aliphatic rings. The van der Waals surface area contributed by atoms with Crippen molar-refractivity contribution in [2.45, 2.75) is 19.1 Å². The standard InChI is InChI=1S/C17H17F3N6O2S/c18-17(19,20)9-26-13-6-12(16(27)25-2-1-4-28-5-3-25)22-7-11(13)15(24-26)23-14-8-21-10-29-14/h6-8,10H,1-5,9H2,(H,23,24). The number of hydrogen-bond donors (Lipinski definition) is 1. The number of halogens is 3. The van der Waals surface area contributed by atoms with Crippen molar-refractivity contribution in [3.05, 3.63) is 29.7 Å². The summed E-state index contributed by atoms with van der Waals surface area (Å²) in [4.78, 5) is 22.5. The average Bonchev–Trinajstić information content (AvgIpc) is 3.19. The van der Waals surface area contributed by atoms with E-state index < -0.39 is 12.7 Å². The SMILES string of the molecule is O=C(c1cc2c(cn1)c(Nc1cncs1)nn2CC(F)(F)F)N1CCCOCC1. The number of carbonyl (C=O) groups is 1. The molecule has 8 nitrogen and oxygen atoms in total. The van der Waals surface area contributed by atoms with Crippen LogP contribution in [0.25, 0.3) is 10.9 Å². The summed E-state index contributed by atoms with van der Waals surface area (Å²) in [6.07, 6.45) is -0.842. The van der Waals surface area contributed by atoms with Gasteiger partial charge in [0.25, 0.3) is 5.91 Å². The van der Waals surface area contributed by atoms with Crippen molar-refractivity contribution in [2.75, 3.05) is 31.6 Å². The highest BCUT2D eigenvalue weighted by Gasteiger charge is 2.30. The Bertz CT molecular complexity index is 997. The molecule has 1 aliphatic heterocycles. The van der Waals surface area contributed by atoms with E-state index in [9.17, 15) is 18.0 Å². The van der Waals surface area contributed by atoms with Crippen LogP contribution in [0.4, 0.5) is 24.0 Å². The summed E-state index contributed by atoms with van der Waals surface area (Å²) >= 11 is 1.29. The Labute approximate surface area is 167 Å². The quantitative estimate of drug-likeness (QED) is 0.690. The molecular weight excluding hydrogens is 409 g/mol. The number of ether oxygens (including phenoxy) is 1. The molecule has 0 saturated carbocycles. The maximum atomic E-state index is 13.1. The molecule has 4 heterocycles. The zero-order chi connectivity index (χ0) is 20.4. The Morgan fingerprint density at radius 3 is 2.90 bits per heavy atom. The van der Waals surface area contributed by atoms with E-state index in [0.29, 0.717) is 43.1 Å². The van der Waals surface area contributed by atoms with Crippen molar-refractivity contribution in [1.29, 1.82) is 0 Å². The average molecular weight is 426 g/mol. The van der Waals surface area contributed by atoms with Crippen LogP contribution in [0.5, 0.6) is 0 Å². The number of thiazole rings is 1. The minimum absolute atomic E-state index is 0.0760. The summed E-state index contributed by atoms with van der Waals surface area (Å²) in [7, 11) is 0. The molecule has 4 rings (SSSR count). The molecule has 12 heteroatoms. The second kappa shape index (κ2) is 7.95. The normalized spacial score (nSPS) is 15.5. The maximum absolute atomic E-state index is 13.1. The van der Waals surface area contributed by atoms with Gasteiger partial charge in [0.15, 0.2) is 5.82 Å². The van der Waals surface area contributed by atoms with Crippen molar-refractivity contribution in [2.24, 2.45) is 0 Å². The van der Waals surface area contributed by atoms with E-state index in [4.69, 9.17) is 4.74 Å². The lowest BCUT2D eigenvalue weighted by Crippen LogP contribution is -2.33. The molecule has 29 heavy (non-hydrogen) atoms. The molecule has 0 unspecified atom stereocenters. The van der Waals surface area contributed by atoms with Crippen LogP contribution in [0.1, 0.15) is 16.9 Å². The van der Waals surface area contributed by atoms with Crippen LogP contribution < -0.4 is 5.32 Å². The third kappa shape index (κ3) is 4.48. The highest BCUT2D eigenvalue weighted by molar-refractivity contribution is 7.13. The number of aromatic nitrogens is 4. The van der Waals surface area contributed by atoms with Gasteiger partial charge < -0.3 is 15.0 Å². The van der Waals surface area contributed by atoms with Crippen LogP contribution in [0.3, 0.4) is 0 Å². The predicted molar refractivity (Wildman–Crippen MR) is 100 cm³/mol. The summed E-state index contributed by atoms with van der Waals surface area (Å²) in [5.74, 6) is -0.114. The molecule has 0 bridgehead atoms. The molecule has 1 N–H and O–H groups in total. The van der Waals surface area contributed by atoms with E-state index in [2.05, 4.69) is 20.4 Å². The summed E-state index contributed by atoms with van der Waals surface area (Å²) < 4.78 is 45.3. The number of rotatable bonds is 4. The van der Waals surface area contributed by atoms with Crippen molar-refractivity contribution < 1.29 is 22.7 Å². The van der Waals surface area contributed by atoms with Gasteiger partial charge in [0, 0.05) is 25.9 Å². The first-order valence-corrected chi connectivity index (χ1v) is 9.74. The van der Waals surface area contributed by atoms with Gasteiger partial charge >= 0.3 is 6.18 Å². The summed E-state index contributed by atoms with van der Waals surface area (Å²) in [6.45, 7) is 0.643. The molecule has 0 aliphatic carbocycles. The first kappa shape index (κ1) is 19.6. The number of nitrogens with one attached hydrogen (secondary N) is 1. The molecule has 3 aromatic heterocycles. The molecule has 3 aromatic rings. The molecule has 1 amide bonds. The van der Waals surface area contributed by atoms with E-state index in [1.54, 1.807) is 16.6 Å². The molecular formula is C17H17F3N6O2S. The van der Waals surface area contributed by atoms with Crippen molar-refractivity contribution in [3.8, 4) is 0 Å². The van der Waals surface area contributed by atoms with Gasteiger partial charge in [-0.3, -0.25) is 19.4 Å². The lowest BCUT2D eigenvalue weighted by atomic mass is 10.2. The Morgan fingerprint density at radius 1 is 1.28 bits per heavy atom. The lowest BCUT2D eigenvalue weighted by molar-refractivity contribution is -0.141. The van der Waals surface area contributed by atoms with Crippen molar-refractivity contribution in [3.63, 3.8) is 0 Å². The topological polar surface area (TPSA) is 85.2 Å². The molecule has 0 atom stereocenters. The van der Waals surface area contributed by atoms with Crippen LogP contribution in [-0.4, -0.2) is 63.0 Å². The van der Waals surface area contributed by atoms with Crippen molar-refractivity contribution >= 4 is 39.0 Å². The number of amides is 1. The van der Waals surface area contributed by atoms with Gasteiger partial charge in [-0.1, -0.05) is 0 Å². The number of anilines is 2. The Hall–Kier alpha value is -2.73. The smallest absolute Gasteiger partial charge is 0.380 e. The van der Waals surface area contributed by atoms with E-state index in [0.717, 1.165) is 4.68 Å². The molecule has 0 spiro atoms. The molecule has 0 aromatic carbocycles. The highest BCUT2D eigenvalue weighted by atomic mass is 32.1. The van der Waals surface area contributed by atoms with E-state index in [1.165, 1.54) is 23.6 Å². The molecule has 154 valence electrons. The van der Waals surface area contributed by atoms with Gasteiger partial charge in [0.2, 0.25) is 0 Å². The molecule has 1 saturated heterocycles. The first-order chi connectivity index (χ1) is 13.9. The molecule has 1 fully saturated rings. The fourth-order valence-electron chi connectivity index (χ4n) is 3.07. The first-order valence-electron chi connectivity index (χ1n) is 8.86. The monoisotopic (exact) mass is 426 g/mol. The fraction of sp³-hybridized carbons (Fsp3) is 0.412. The van der Waals surface area contributed by atoms with Crippen LogP contribution in [0, 0.1) is 0 Å². The second-order valence-corrected chi connectivity index (χ2v) is 7.34. The molecule has 0 radical (unpaired) electrons. The van der Waals surface area contributed by atoms with Gasteiger partial charge in [0.1, 0.15) is 17.2 Å². The van der Waals surface area contributed by atoms with E-state index >= 15 is 0 Å². The third-order valence-corrected chi connectivity index (χ3v) is 5.06. The van der Waals surface area contributed by atoms with Crippen LogP contribution in [-0.2, 0) is 11.3 Å². The number of nitrogens with zero attached hydrogens (tertiary/aromatic N) is 5. The number of carbonyl (C=O) groups excluding carboxylic acids is 1. The predicted octanol–water partition coefficient (Wildman–Crippen LogP) is 3.06. The van der Waals surface area contributed by atoms with Crippen molar-refractivity contribution in [1.82, 2.24) is 24.6 Å². The summed E-state index contributed by atoms with van der Waals surface area (Å²) in [5, 5.41) is 8.04. The number of hydrogen-bond acceptors (Lipinski definition) is 7. The zero-order valence-corrected chi connectivity index (χ0v) is 16.0. The van der Waals surface area contributed by atoms with Gasteiger partial charge in [-0.15, -0.1) is 11.3 Å². The Kier molecular flexibility index (Phi) is 5.37. The van der Waals surface area contributed by atoms with Gasteiger partial charge in [-0.05, 0) is 12.5 Å². The third-order valence-electron chi connectivity index (χ3n) is 4.37. The Balaban J connectivity index is 1.71. The van der Waals surface area contributed by atoms with Crippen LogP contribution >= 0.6 is 11.3 Å². The minimum Gasteiger partial charge on any atom is -0.380 e. The van der Waals surface area contributed by atoms with Crippen LogP contribution in [0.2, 0.25) is 0 Å². The lowest BCUT2D eigenvalue weighted by Gasteiger charge is -2.19. The number of alkyl halides is 3. The fourth-order valence-corrected chi connectivity index (χ4v) is 3.59. The zero-order valence-electron chi connectivity index (χ0n) is 15.1. The second-order valence-electron chi connectivity index (χ2n) is 6.46. The highest BCUT2D eigenvalue weighted by Crippen LogP contribution is 2.29. The minimum atomic E-state index is -4.46. The number of pyridine rings is 1. The van der Waals surface area contributed by atoms with Gasteiger partial charge in [-0.2, -0.15) is 18.3 Å². The largest absolute Gasteiger partial charge is 0.408 e. The summed E-state index contributed by atoms with van der Waals surface area (Å²) in [5.41, 5.74) is 1.85.